The van der Waals surface area contributed by atoms with Crippen molar-refractivity contribution in [2.24, 2.45) is 5.92 Å². The van der Waals surface area contributed by atoms with Crippen molar-refractivity contribution >= 4 is 0 Å². The Bertz CT molecular complexity index is 183. The van der Waals surface area contributed by atoms with Gasteiger partial charge in [-0.1, -0.05) is 13.8 Å². The van der Waals surface area contributed by atoms with Crippen molar-refractivity contribution in [3.63, 3.8) is 0 Å². The van der Waals surface area contributed by atoms with Crippen molar-refractivity contribution < 1.29 is 4.74 Å². The van der Waals surface area contributed by atoms with Crippen molar-refractivity contribution in [3.05, 3.63) is 0 Å². The minimum atomic E-state index is 0.384. The van der Waals surface area contributed by atoms with E-state index in [-0.39, 0.29) is 0 Å². The Morgan fingerprint density at radius 3 is 2.06 bits per heavy atom. The molecule has 0 aromatic carbocycles. The lowest BCUT2D eigenvalue weighted by Gasteiger charge is -2.36. The van der Waals surface area contributed by atoms with Crippen molar-refractivity contribution in [1.29, 1.82) is 0 Å². The first-order chi connectivity index (χ1) is 7.49. The molecule has 2 nitrogen and oxygen atoms in total. The molecule has 0 bridgehead atoms. The van der Waals surface area contributed by atoms with Gasteiger partial charge in [0.15, 0.2) is 0 Å². The van der Waals surface area contributed by atoms with Gasteiger partial charge >= 0.3 is 0 Å². The van der Waals surface area contributed by atoms with Crippen molar-refractivity contribution in [2.75, 3.05) is 13.6 Å². The summed E-state index contributed by atoms with van der Waals surface area (Å²) >= 11 is 0. The van der Waals surface area contributed by atoms with Crippen LogP contribution in [-0.4, -0.2) is 36.7 Å². The third-order valence-corrected chi connectivity index (χ3v) is 3.38. The molecule has 0 spiro atoms. The van der Waals surface area contributed by atoms with Crippen LogP contribution in [0.25, 0.3) is 0 Å². The summed E-state index contributed by atoms with van der Waals surface area (Å²) in [7, 11) is 2.27. The van der Waals surface area contributed by atoms with E-state index in [1.165, 1.54) is 32.2 Å². The zero-order chi connectivity index (χ0) is 12.1. The van der Waals surface area contributed by atoms with E-state index < -0.39 is 0 Å². The number of nitrogens with zero attached hydrogens (tertiary/aromatic N) is 1. The molecule has 0 radical (unpaired) electrons. The highest BCUT2D eigenvalue weighted by Crippen LogP contribution is 2.25. The van der Waals surface area contributed by atoms with E-state index in [0.29, 0.717) is 12.2 Å². The molecule has 0 unspecified atom stereocenters. The fraction of sp³-hybridized carbons (Fsp3) is 1.00. The van der Waals surface area contributed by atoms with Gasteiger partial charge in [-0.2, -0.15) is 0 Å². The number of hydrogen-bond donors (Lipinski definition) is 0. The van der Waals surface area contributed by atoms with E-state index in [4.69, 9.17) is 4.74 Å². The maximum atomic E-state index is 5.88. The normalized spacial score (nSPS) is 27.0. The Labute approximate surface area is 101 Å². The molecule has 1 aliphatic rings. The fourth-order valence-corrected chi connectivity index (χ4v) is 2.73. The maximum Gasteiger partial charge on any atom is 0.0579 e. The summed E-state index contributed by atoms with van der Waals surface area (Å²) in [5.74, 6) is 0.773. The summed E-state index contributed by atoms with van der Waals surface area (Å²) in [5.41, 5.74) is 0. The lowest BCUT2D eigenvalue weighted by Crippen LogP contribution is -2.39. The molecule has 0 atom stereocenters. The predicted octanol–water partition coefficient (Wildman–Crippen LogP) is 3.31. The molecule has 0 heterocycles. The first-order valence-corrected chi connectivity index (χ1v) is 6.84. The molecule has 0 aromatic heterocycles. The largest absolute Gasteiger partial charge is 0.376 e. The topological polar surface area (TPSA) is 12.5 Å². The average molecular weight is 227 g/mol. The highest BCUT2D eigenvalue weighted by molar-refractivity contribution is 4.79. The molecule has 0 amide bonds. The van der Waals surface area contributed by atoms with Crippen LogP contribution in [0.3, 0.4) is 0 Å². The van der Waals surface area contributed by atoms with E-state index >= 15 is 0 Å². The summed E-state index contributed by atoms with van der Waals surface area (Å²) in [6.45, 7) is 10.1. The molecule has 0 aromatic rings. The molecule has 0 saturated heterocycles. The highest BCUT2D eigenvalue weighted by Gasteiger charge is 2.24. The molecule has 1 rings (SSSR count). The smallest absolute Gasteiger partial charge is 0.0579 e. The minimum absolute atomic E-state index is 0.384. The summed E-state index contributed by atoms with van der Waals surface area (Å²) in [5, 5.41) is 0. The third-order valence-electron chi connectivity index (χ3n) is 3.38. The van der Waals surface area contributed by atoms with Crippen LogP contribution in [0.4, 0.5) is 0 Å². The summed E-state index contributed by atoms with van der Waals surface area (Å²) in [6, 6.07) is 0.786. The second-order valence-electron chi connectivity index (χ2n) is 5.95. The van der Waals surface area contributed by atoms with Gasteiger partial charge in [0.1, 0.15) is 0 Å². The summed E-state index contributed by atoms with van der Waals surface area (Å²) in [4.78, 5) is 2.54. The van der Waals surface area contributed by atoms with Crippen LogP contribution >= 0.6 is 0 Å². The SMILES string of the molecule is CC(C)CN(C)C1CCC(OC(C)C)CC1. The average Bonchev–Trinajstić information content (AvgIpc) is 2.16. The quantitative estimate of drug-likeness (QED) is 0.714. The van der Waals surface area contributed by atoms with Crippen LogP contribution in [0.2, 0.25) is 0 Å². The van der Waals surface area contributed by atoms with E-state index in [0.717, 1.165) is 12.0 Å². The van der Waals surface area contributed by atoms with Gasteiger partial charge in [0.25, 0.3) is 0 Å². The van der Waals surface area contributed by atoms with Gasteiger partial charge in [0, 0.05) is 12.6 Å². The molecule has 96 valence electrons. The molecule has 16 heavy (non-hydrogen) atoms. The van der Waals surface area contributed by atoms with Crippen molar-refractivity contribution in [2.45, 2.75) is 71.6 Å². The lowest BCUT2D eigenvalue weighted by molar-refractivity contribution is -0.0248. The molecule has 1 saturated carbocycles. The second kappa shape index (κ2) is 6.61. The third kappa shape index (κ3) is 4.84. The van der Waals surface area contributed by atoms with Crippen molar-refractivity contribution in [3.8, 4) is 0 Å². The first kappa shape index (κ1) is 14.0. The Hall–Kier alpha value is -0.0800. The first-order valence-electron chi connectivity index (χ1n) is 6.84. The second-order valence-corrected chi connectivity index (χ2v) is 5.95. The van der Waals surface area contributed by atoms with Crippen LogP contribution in [0.1, 0.15) is 53.4 Å². The molecule has 2 heteroatoms. The summed E-state index contributed by atoms with van der Waals surface area (Å²) < 4.78 is 5.88. The zero-order valence-electron chi connectivity index (χ0n) is 11.7. The molecular weight excluding hydrogens is 198 g/mol. The predicted molar refractivity (Wildman–Crippen MR) is 69.7 cm³/mol. The van der Waals surface area contributed by atoms with Gasteiger partial charge in [0.2, 0.25) is 0 Å². The highest BCUT2D eigenvalue weighted by atomic mass is 16.5. The van der Waals surface area contributed by atoms with Crippen LogP contribution < -0.4 is 0 Å². The number of hydrogen-bond acceptors (Lipinski definition) is 2. The molecule has 1 aliphatic carbocycles. The zero-order valence-corrected chi connectivity index (χ0v) is 11.7. The van der Waals surface area contributed by atoms with Crippen LogP contribution in [0.5, 0.6) is 0 Å². The van der Waals surface area contributed by atoms with E-state index in [1.807, 2.05) is 0 Å². The Balaban J connectivity index is 2.25. The Morgan fingerprint density at radius 2 is 1.62 bits per heavy atom. The van der Waals surface area contributed by atoms with Gasteiger partial charge in [-0.25, -0.2) is 0 Å². The monoisotopic (exact) mass is 227 g/mol. The van der Waals surface area contributed by atoms with E-state index in [2.05, 4.69) is 39.6 Å². The molecule has 0 aliphatic heterocycles. The van der Waals surface area contributed by atoms with Gasteiger partial charge < -0.3 is 9.64 Å². The van der Waals surface area contributed by atoms with Gasteiger partial charge in [-0.05, 0) is 52.5 Å². The summed E-state index contributed by atoms with van der Waals surface area (Å²) in [6.07, 6.45) is 6.00. The van der Waals surface area contributed by atoms with Crippen LogP contribution in [0.15, 0.2) is 0 Å². The van der Waals surface area contributed by atoms with E-state index in [1.54, 1.807) is 0 Å². The van der Waals surface area contributed by atoms with Crippen LogP contribution in [-0.2, 0) is 4.74 Å². The lowest BCUT2D eigenvalue weighted by atomic mass is 9.91. The minimum Gasteiger partial charge on any atom is -0.376 e. The van der Waals surface area contributed by atoms with Crippen molar-refractivity contribution in [1.82, 2.24) is 4.90 Å². The Kier molecular flexibility index (Phi) is 5.77. The number of ether oxygens (including phenoxy) is 1. The van der Waals surface area contributed by atoms with E-state index in [9.17, 15) is 0 Å². The van der Waals surface area contributed by atoms with Gasteiger partial charge in [0.05, 0.1) is 12.2 Å². The van der Waals surface area contributed by atoms with Gasteiger partial charge in [-0.3, -0.25) is 0 Å². The Morgan fingerprint density at radius 1 is 1.06 bits per heavy atom. The number of rotatable bonds is 5. The van der Waals surface area contributed by atoms with Gasteiger partial charge in [-0.15, -0.1) is 0 Å². The molecule has 0 N–H and O–H groups in total. The maximum absolute atomic E-state index is 5.88. The van der Waals surface area contributed by atoms with Crippen LogP contribution in [0, 0.1) is 5.92 Å². The standard InChI is InChI=1S/C14H29NO/c1-11(2)10-15(5)13-6-8-14(9-7-13)16-12(3)4/h11-14H,6-10H2,1-5H3. The molecular formula is C14H29NO. The molecule has 1 fully saturated rings. The fourth-order valence-electron chi connectivity index (χ4n) is 2.73.